The summed E-state index contributed by atoms with van der Waals surface area (Å²) in [7, 11) is 0. The molecule has 0 saturated carbocycles. The van der Waals surface area contributed by atoms with Gasteiger partial charge in [-0.05, 0) is 12.8 Å². The molecule has 0 radical (unpaired) electrons. The highest BCUT2D eigenvalue weighted by atomic mass is 16.4. The van der Waals surface area contributed by atoms with E-state index in [1.165, 1.54) is 4.90 Å². The molecule has 4 amide bonds. The monoisotopic (exact) mass is 300 g/mol. The maximum absolute atomic E-state index is 12.1. The highest BCUT2D eigenvalue weighted by Gasteiger charge is 2.33. The van der Waals surface area contributed by atoms with Crippen molar-refractivity contribution in [3.05, 3.63) is 0 Å². The lowest BCUT2D eigenvalue weighted by molar-refractivity contribution is -0.139. The summed E-state index contributed by atoms with van der Waals surface area (Å²) in [5.41, 5.74) is 4.97. The summed E-state index contributed by atoms with van der Waals surface area (Å²) in [6.07, 6.45) is 0.195. The molecule has 1 heterocycles. The molecule has 0 bridgehead atoms. The predicted molar refractivity (Wildman–Crippen MR) is 72.2 cm³/mol. The molecule has 21 heavy (non-hydrogen) atoms. The smallest absolute Gasteiger partial charge is 0.326 e. The molecule has 2 unspecified atom stereocenters. The summed E-state index contributed by atoms with van der Waals surface area (Å²) in [6, 6.07) is -2.47. The second-order valence-electron chi connectivity index (χ2n) is 4.75. The van der Waals surface area contributed by atoms with E-state index in [1.807, 2.05) is 0 Å². The van der Waals surface area contributed by atoms with Crippen LogP contribution in [0, 0.1) is 0 Å². The number of primary amides is 1. The van der Waals surface area contributed by atoms with Crippen LogP contribution in [0.15, 0.2) is 0 Å². The maximum Gasteiger partial charge on any atom is 0.326 e. The van der Waals surface area contributed by atoms with Gasteiger partial charge in [0.1, 0.15) is 12.1 Å². The number of nitrogens with one attached hydrogen (secondary N) is 2. The highest BCUT2D eigenvalue weighted by molar-refractivity contribution is 5.90. The average Bonchev–Trinajstić information content (AvgIpc) is 2.42. The zero-order chi connectivity index (χ0) is 16.0. The molecule has 1 aliphatic heterocycles. The molecule has 0 aromatic carbocycles. The van der Waals surface area contributed by atoms with E-state index in [4.69, 9.17) is 10.8 Å². The molecule has 1 saturated heterocycles. The van der Waals surface area contributed by atoms with E-state index in [9.17, 15) is 19.2 Å². The van der Waals surface area contributed by atoms with Crippen LogP contribution in [0.5, 0.6) is 0 Å². The number of carbonyl (C=O) groups excluding carboxylic acids is 3. The Bertz CT molecular complexity index is 439. The maximum atomic E-state index is 12.1. The lowest BCUT2D eigenvalue weighted by Gasteiger charge is -2.35. The van der Waals surface area contributed by atoms with E-state index in [-0.39, 0.29) is 18.7 Å². The normalized spacial score (nSPS) is 19.6. The van der Waals surface area contributed by atoms with Gasteiger partial charge in [-0.15, -0.1) is 0 Å². The van der Waals surface area contributed by atoms with Gasteiger partial charge in [-0.2, -0.15) is 0 Å². The summed E-state index contributed by atoms with van der Waals surface area (Å²) in [5, 5.41) is 14.0. The Morgan fingerprint density at radius 1 is 1.52 bits per heavy atom. The summed E-state index contributed by atoms with van der Waals surface area (Å²) < 4.78 is 0. The van der Waals surface area contributed by atoms with Crippen LogP contribution in [-0.2, 0) is 14.4 Å². The average molecular weight is 300 g/mol. The number of amides is 4. The van der Waals surface area contributed by atoms with Gasteiger partial charge in [-0.1, -0.05) is 6.92 Å². The van der Waals surface area contributed by atoms with Crippen molar-refractivity contribution in [2.45, 2.75) is 38.3 Å². The molecular weight excluding hydrogens is 280 g/mol. The Morgan fingerprint density at radius 2 is 2.19 bits per heavy atom. The summed E-state index contributed by atoms with van der Waals surface area (Å²) in [4.78, 5) is 46.9. The van der Waals surface area contributed by atoms with Crippen LogP contribution in [-0.4, -0.2) is 59.0 Å². The molecule has 1 aliphatic rings. The largest absolute Gasteiger partial charge is 0.480 e. The van der Waals surface area contributed by atoms with Crippen LogP contribution >= 0.6 is 0 Å². The first-order chi connectivity index (χ1) is 9.86. The third-order valence-electron chi connectivity index (χ3n) is 3.25. The van der Waals surface area contributed by atoms with Gasteiger partial charge in [0.2, 0.25) is 11.8 Å². The van der Waals surface area contributed by atoms with Crippen LogP contribution in [0.4, 0.5) is 4.79 Å². The first-order valence-electron chi connectivity index (χ1n) is 6.72. The number of rotatable bonds is 6. The molecule has 9 heteroatoms. The van der Waals surface area contributed by atoms with Crippen LogP contribution in [0.3, 0.4) is 0 Å². The van der Waals surface area contributed by atoms with Gasteiger partial charge in [0.05, 0.1) is 0 Å². The Kier molecular flexibility index (Phi) is 5.94. The molecule has 0 aromatic heterocycles. The Balaban J connectivity index is 2.69. The Labute approximate surface area is 121 Å². The fourth-order valence-electron chi connectivity index (χ4n) is 2.14. The standard InChI is InChI=1S/C12H20N4O5/c1-2-8-10(18)14-5-6-16(8)12(21)15-7(11(19)20)3-4-9(13)17/h7-8H,2-6H2,1H3,(H2,13,17)(H,14,18)(H,15,21)(H,19,20). The number of carboxylic acid groups (broad SMARTS) is 1. The lowest BCUT2D eigenvalue weighted by Crippen LogP contribution is -2.60. The van der Waals surface area contributed by atoms with Crippen molar-refractivity contribution < 1.29 is 24.3 Å². The summed E-state index contributed by atoms with van der Waals surface area (Å²) in [5.74, 6) is -2.15. The zero-order valence-electron chi connectivity index (χ0n) is 11.8. The number of nitrogens with zero attached hydrogens (tertiary/aromatic N) is 1. The van der Waals surface area contributed by atoms with Gasteiger partial charge >= 0.3 is 12.0 Å². The first kappa shape index (κ1) is 16.7. The number of piperazine rings is 1. The first-order valence-corrected chi connectivity index (χ1v) is 6.72. The van der Waals surface area contributed by atoms with E-state index >= 15 is 0 Å². The number of nitrogens with two attached hydrogens (primary N) is 1. The minimum absolute atomic E-state index is 0.0900. The minimum Gasteiger partial charge on any atom is -0.480 e. The van der Waals surface area contributed by atoms with Gasteiger partial charge in [-0.25, -0.2) is 9.59 Å². The van der Waals surface area contributed by atoms with Gasteiger partial charge in [0.15, 0.2) is 0 Å². The van der Waals surface area contributed by atoms with E-state index in [2.05, 4.69) is 10.6 Å². The summed E-state index contributed by atoms with van der Waals surface area (Å²) >= 11 is 0. The van der Waals surface area contributed by atoms with Crippen molar-refractivity contribution in [2.75, 3.05) is 13.1 Å². The van der Waals surface area contributed by atoms with E-state index in [1.54, 1.807) is 6.92 Å². The number of carboxylic acids is 1. The highest BCUT2D eigenvalue weighted by Crippen LogP contribution is 2.09. The number of hydrogen-bond donors (Lipinski definition) is 4. The number of carbonyl (C=O) groups is 4. The van der Waals surface area contributed by atoms with Crippen molar-refractivity contribution in [2.24, 2.45) is 5.73 Å². The van der Waals surface area contributed by atoms with Gasteiger partial charge in [-0.3, -0.25) is 9.59 Å². The summed E-state index contributed by atoms with van der Waals surface area (Å²) in [6.45, 7) is 2.39. The van der Waals surface area contributed by atoms with Crippen molar-refractivity contribution >= 4 is 23.8 Å². The molecule has 0 spiro atoms. The lowest BCUT2D eigenvalue weighted by atomic mass is 10.1. The van der Waals surface area contributed by atoms with Crippen molar-refractivity contribution in [3.63, 3.8) is 0 Å². The molecule has 1 rings (SSSR count). The van der Waals surface area contributed by atoms with Crippen LogP contribution < -0.4 is 16.4 Å². The Morgan fingerprint density at radius 3 is 2.71 bits per heavy atom. The molecular formula is C12H20N4O5. The SMILES string of the molecule is CCC1C(=O)NCCN1C(=O)NC(CCC(N)=O)C(=O)O. The van der Waals surface area contributed by atoms with Crippen molar-refractivity contribution in [3.8, 4) is 0 Å². The van der Waals surface area contributed by atoms with E-state index < -0.39 is 30.0 Å². The Hall–Kier alpha value is -2.32. The van der Waals surface area contributed by atoms with E-state index in [0.717, 1.165) is 0 Å². The number of hydrogen-bond acceptors (Lipinski definition) is 4. The van der Waals surface area contributed by atoms with Crippen LogP contribution in [0.25, 0.3) is 0 Å². The number of aliphatic carboxylic acids is 1. The predicted octanol–water partition coefficient (Wildman–Crippen LogP) is -1.37. The molecule has 118 valence electrons. The van der Waals surface area contributed by atoms with Crippen molar-refractivity contribution in [1.29, 1.82) is 0 Å². The second kappa shape index (κ2) is 7.46. The van der Waals surface area contributed by atoms with Gasteiger partial charge < -0.3 is 26.4 Å². The second-order valence-corrected chi connectivity index (χ2v) is 4.75. The molecule has 2 atom stereocenters. The number of urea groups is 1. The van der Waals surface area contributed by atoms with Crippen LogP contribution in [0.1, 0.15) is 26.2 Å². The molecule has 0 aromatic rings. The third kappa shape index (κ3) is 4.62. The van der Waals surface area contributed by atoms with Crippen molar-refractivity contribution in [1.82, 2.24) is 15.5 Å². The topological polar surface area (TPSA) is 142 Å². The quantitative estimate of drug-likeness (QED) is 0.478. The molecule has 9 nitrogen and oxygen atoms in total. The van der Waals surface area contributed by atoms with Gasteiger partial charge in [0.25, 0.3) is 0 Å². The third-order valence-corrected chi connectivity index (χ3v) is 3.25. The molecule has 0 aliphatic carbocycles. The fourth-order valence-corrected chi connectivity index (χ4v) is 2.14. The molecule has 1 fully saturated rings. The minimum atomic E-state index is -1.25. The van der Waals surface area contributed by atoms with E-state index in [0.29, 0.717) is 19.5 Å². The van der Waals surface area contributed by atoms with Gasteiger partial charge in [0, 0.05) is 19.5 Å². The molecule has 5 N–H and O–H groups in total. The zero-order valence-corrected chi connectivity index (χ0v) is 11.8. The van der Waals surface area contributed by atoms with Crippen LogP contribution in [0.2, 0.25) is 0 Å². The fraction of sp³-hybridized carbons (Fsp3) is 0.667.